The molecule has 0 aliphatic carbocycles. The smallest absolute Gasteiger partial charge is 0.123 e. The Hall–Kier alpha value is -1.81. The number of imidazole rings is 1. The minimum atomic E-state index is 0.445. The molecule has 4 heteroatoms. The highest BCUT2D eigenvalue weighted by Crippen LogP contribution is 2.37. The molecule has 1 aliphatic heterocycles. The lowest BCUT2D eigenvalue weighted by Crippen LogP contribution is -2.24. The molecule has 0 bridgehead atoms. The first-order valence-electron chi connectivity index (χ1n) is 7.11. The fraction of sp³-hybridized carbons (Fsp3) is 0.438. The predicted octanol–water partition coefficient (Wildman–Crippen LogP) is 2.77. The number of methoxy groups -OCH3 is 1. The van der Waals surface area contributed by atoms with Crippen molar-refractivity contribution in [3.05, 3.63) is 48.0 Å². The van der Waals surface area contributed by atoms with Crippen LogP contribution in [0, 0.1) is 0 Å². The first-order valence-corrected chi connectivity index (χ1v) is 7.11. The first-order chi connectivity index (χ1) is 9.79. The maximum atomic E-state index is 5.52. The van der Waals surface area contributed by atoms with Crippen LogP contribution in [-0.2, 0) is 13.6 Å². The Morgan fingerprint density at radius 3 is 2.95 bits per heavy atom. The van der Waals surface area contributed by atoms with Gasteiger partial charge in [0.25, 0.3) is 0 Å². The zero-order valence-electron chi connectivity index (χ0n) is 12.1. The number of aromatic nitrogens is 2. The third-order valence-corrected chi connectivity index (χ3v) is 4.14. The molecule has 4 nitrogen and oxygen atoms in total. The Labute approximate surface area is 120 Å². The van der Waals surface area contributed by atoms with Gasteiger partial charge in [-0.05, 0) is 25.5 Å². The number of aryl methyl sites for hydroxylation is 1. The van der Waals surface area contributed by atoms with Crippen molar-refractivity contribution >= 4 is 0 Å². The van der Waals surface area contributed by atoms with Gasteiger partial charge < -0.3 is 9.30 Å². The van der Waals surface area contributed by atoms with Gasteiger partial charge in [0.2, 0.25) is 0 Å². The Balaban J connectivity index is 1.83. The fourth-order valence-electron chi connectivity index (χ4n) is 3.05. The van der Waals surface area contributed by atoms with Crippen molar-refractivity contribution in [2.24, 2.45) is 7.05 Å². The zero-order valence-corrected chi connectivity index (χ0v) is 12.1. The molecule has 1 saturated heterocycles. The quantitative estimate of drug-likeness (QED) is 0.856. The summed E-state index contributed by atoms with van der Waals surface area (Å²) in [6, 6.07) is 8.81. The van der Waals surface area contributed by atoms with Crippen molar-refractivity contribution < 1.29 is 4.74 Å². The molecule has 3 rings (SSSR count). The third-order valence-electron chi connectivity index (χ3n) is 4.14. The lowest BCUT2D eigenvalue weighted by molar-refractivity contribution is 0.238. The molecule has 106 valence electrons. The number of hydrogen-bond donors (Lipinski definition) is 0. The van der Waals surface area contributed by atoms with E-state index in [0.29, 0.717) is 6.04 Å². The van der Waals surface area contributed by atoms with Crippen LogP contribution in [0.15, 0.2) is 36.8 Å². The number of hydrogen-bond acceptors (Lipinski definition) is 3. The summed E-state index contributed by atoms with van der Waals surface area (Å²) in [6.07, 6.45) is 6.25. The van der Waals surface area contributed by atoms with Crippen molar-refractivity contribution in [1.82, 2.24) is 14.5 Å². The SMILES string of the molecule is COc1ccccc1C1CCCN1Cc1cncn1C. The molecular formula is C16H21N3O. The molecular weight excluding hydrogens is 250 g/mol. The normalized spacial score (nSPS) is 19.4. The van der Waals surface area contributed by atoms with Gasteiger partial charge in [0.1, 0.15) is 5.75 Å². The van der Waals surface area contributed by atoms with Gasteiger partial charge in [-0.25, -0.2) is 4.98 Å². The van der Waals surface area contributed by atoms with Gasteiger partial charge in [-0.3, -0.25) is 4.90 Å². The molecule has 0 spiro atoms. The van der Waals surface area contributed by atoms with Gasteiger partial charge in [-0.2, -0.15) is 0 Å². The highest BCUT2D eigenvalue weighted by Gasteiger charge is 2.28. The van der Waals surface area contributed by atoms with E-state index in [1.807, 2.05) is 18.6 Å². The Kier molecular flexibility index (Phi) is 3.74. The van der Waals surface area contributed by atoms with Crippen molar-refractivity contribution in [1.29, 1.82) is 0 Å². The van der Waals surface area contributed by atoms with E-state index in [4.69, 9.17) is 4.74 Å². The minimum absolute atomic E-state index is 0.445. The molecule has 0 radical (unpaired) electrons. The van der Waals surface area contributed by atoms with Gasteiger partial charge in [-0.15, -0.1) is 0 Å². The van der Waals surface area contributed by atoms with E-state index in [1.165, 1.54) is 24.1 Å². The van der Waals surface area contributed by atoms with Gasteiger partial charge >= 0.3 is 0 Å². The second-order valence-electron chi connectivity index (χ2n) is 5.37. The molecule has 0 saturated carbocycles. The van der Waals surface area contributed by atoms with E-state index in [-0.39, 0.29) is 0 Å². The molecule has 20 heavy (non-hydrogen) atoms. The van der Waals surface area contributed by atoms with Crippen LogP contribution in [0.2, 0.25) is 0 Å². The van der Waals surface area contributed by atoms with Gasteiger partial charge in [0.15, 0.2) is 0 Å². The summed E-state index contributed by atoms with van der Waals surface area (Å²) >= 11 is 0. The summed E-state index contributed by atoms with van der Waals surface area (Å²) in [5, 5.41) is 0. The van der Waals surface area contributed by atoms with E-state index >= 15 is 0 Å². The van der Waals surface area contributed by atoms with E-state index in [0.717, 1.165) is 18.8 Å². The van der Waals surface area contributed by atoms with Gasteiger partial charge in [-0.1, -0.05) is 18.2 Å². The van der Waals surface area contributed by atoms with Crippen LogP contribution in [0.3, 0.4) is 0 Å². The first kappa shape index (κ1) is 13.2. The second kappa shape index (κ2) is 5.67. The molecule has 1 fully saturated rings. The van der Waals surface area contributed by atoms with E-state index in [9.17, 15) is 0 Å². The van der Waals surface area contributed by atoms with Crippen molar-refractivity contribution in [3.8, 4) is 5.75 Å². The van der Waals surface area contributed by atoms with Crippen LogP contribution in [0.1, 0.15) is 30.1 Å². The molecule has 0 amide bonds. The van der Waals surface area contributed by atoms with Crippen LogP contribution in [-0.4, -0.2) is 28.1 Å². The summed E-state index contributed by atoms with van der Waals surface area (Å²) in [5.41, 5.74) is 2.56. The minimum Gasteiger partial charge on any atom is -0.496 e. The second-order valence-corrected chi connectivity index (χ2v) is 5.37. The summed E-state index contributed by atoms with van der Waals surface area (Å²) in [7, 11) is 3.80. The average Bonchev–Trinajstić information content (AvgIpc) is 3.09. The summed E-state index contributed by atoms with van der Waals surface area (Å²) in [6.45, 7) is 2.08. The summed E-state index contributed by atoms with van der Waals surface area (Å²) in [5.74, 6) is 0.995. The summed E-state index contributed by atoms with van der Waals surface area (Å²) < 4.78 is 7.62. The molecule has 1 aromatic heterocycles. The topological polar surface area (TPSA) is 30.3 Å². The average molecular weight is 271 g/mol. The number of nitrogens with zero attached hydrogens (tertiary/aromatic N) is 3. The van der Waals surface area contributed by atoms with Gasteiger partial charge in [0, 0.05) is 31.4 Å². The van der Waals surface area contributed by atoms with E-state index in [2.05, 4.69) is 39.7 Å². The lowest BCUT2D eigenvalue weighted by atomic mass is 10.0. The number of likely N-dealkylation sites (tertiary alicyclic amines) is 1. The summed E-state index contributed by atoms with van der Waals surface area (Å²) in [4.78, 5) is 6.73. The van der Waals surface area contributed by atoms with Crippen LogP contribution in [0.25, 0.3) is 0 Å². The predicted molar refractivity (Wildman–Crippen MR) is 78.6 cm³/mol. The molecule has 0 N–H and O–H groups in total. The van der Waals surface area contributed by atoms with Crippen LogP contribution < -0.4 is 4.74 Å². The zero-order chi connectivity index (χ0) is 13.9. The Bertz CT molecular complexity index is 579. The van der Waals surface area contributed by atoms with Crippen molar-refractivity contribution in [2.45, 2.75) is 25.4 Å². The number of benzene rings is 1. The van der Waals surface area contributed by atoms with Crippen LogP contribution in [0.5, 0.6) is 5.75 Å². The molecule has 1 aromatic carbocycles. The molecule has 2 aromatic rings. The van der Waals surface area contributed by atoms with Crippen molar-refractivity contribution in [2.75, 3.05) is 13.7 Å². The highest BCUT2D eigenvalue weighted by atomic mass is 16.5. The monoisotopic (exact) mass is 271 g/mol. The van der Waals surface area contributed by atoms with Crippen molar-refractivity contribution in [3.63, 3.8) is 0 Å². The standard InChI is InChI=1S/C16H21N3O/c1-18-12-17-10-13(18)11-19-9-5-7-15(19)14-6-3-4-8-16(14)20-2/h3-4,6,8,10,12,15H,5,7,9,11H2,1-2H3. The Morgan fingerprint density at radius 1 is 1.35 bits per heavy atom. The number of rotatable bonds is 4. The molecule has 1 unspecified atom stereocenters. The van der Waals surface area contributed by atoms with Crippen LogP contribution in [0.4, 0.5) is 0 Å². The molecule has 2 heterocycles. The van der Waals surface area contributed by atoms with Gasteiger partial charge in [0.05, 0.1) is 19.1 Å². The molecule has 1 atom stereocenters. The highest BCUT2D eigenvalue weighted by molar-refractivity contribution is 5.36. The van der Waals surface area contributed by atoms with E-state index in [1.54, 1.807) is 7.11 Å². The largest absolute Gasteiger partial charge is 0.496 e. The maximum Gasteiger partial charge on any atom is 0.123 e. The van der Waals surface area contributed by atoms with E-state index < -0.39 is 0 Å². The van der Waals surface area contributed by atoms with Crippen LogP contribution >= 0.6 is 0 Å². The maximum absolute atomic E-state index is 5.52. The number of ether oxygens (including phenoxy) is 1. The number of para-hydroxylation sites is 1. The third kappa shape index (κ3) is 2.43. The Morgan fingerprint density at radius 2 is 2.20 bits per heavy atom. The fourth-order valence-corrected chi connectivity index (χ4v) is 3.05. The molecule has 1 aliphatic rings. The lowest BCUT2D eigenvalue weighted by Gasteiger charge is -2.26.